The number of nitrogens with zero attached hydrogens (tertiary/aromatic N) is 5. The number of thiazole rings is 1. The van der Waals surface area contributed by atoms with Crippen molar-refractivity contribution in [2.24, 2.45) is 16.7 Å². The molecule has 0 spiro atoms. The maximum atomic E-state index is 14.6. The van der Waals surface area contributed by atoms with Gasteiger partial charge in [0.1, 0.15) is 17.0 Å². The van der Waals surface area contributed by atoms with Crippen LogP contribution in [0, 0.1) is 23.7 Å². The fourth-order valence-corrected chi connectivity index (χ4v) is 17.9. The third-order valence-corrected chi connectivity index (χ3v) is 25.4. The summed E-state index contributed by atoms with van der Waals surface area (Å²) in [5, 5.41) is 22.7. The van der Waals surface area contributed by atoms with Crippen molar-refractivity contribution in [1.82, 2.24) is 40.4 Å². The van der Waals surface area contributed by atoms with Crippen molar-refractivity contribution < 1.29 is 67.9 Å². The van der Waals surface area contributed by atoms with Gasteiger partial charge in [-0.05, 0) is 160 Å². The zero-order valence-electron chi connectivity index (χ0n) is 61.4. The second kappa shape index (κ2) is 36.3. The monoisotopic (exact) mass is 1550 g/mol. The van der Waals surface area contributed by atoms with Gasteiger partial charge in [-0.3, -0.25) is 28.9 Å². The maximum absolute atomic E-state index is 14.6. The number of likely N-dealkylation sites (tertiary alicyclic amines) is 2. The number of aliphatic hydroxyl groups is 1. The molecule has 3 aliphatic heterocycles. The van der Waals surface area contributed by atoms with Gasteiger partial charge in [0.25, 0.3) is 32.2 Å². The summed E-state index contributed by atoms with van der Waals surface area (Å²) in [6.07, 6.45) is 3.59. The number of sulfonamides is 1. The zero-order valence-corrected chi connectivity index (χ0v) is 64.7. The SMILES string of the molecule is C=C(CCC1=C(CN2CCN(c3ccc(C(=O)NS(=O)(=O)c4ccc(N[C@H](CCN5CC[C@@H](C(=O)NCCCCCCC(=O)N[C@H](C(=O)N6C[C@H](O)C[C@H]6C(=O)N[C@@H](C)c6ccc(-c7scnc7C)cc6)C(C)(C)C)C5)CSc5ccccc5)c(S(=O)(=O)C(F)(F)F)c4)cc3)CC2)CCC(C)(C)C1)C(F)F. The first kappa shape index (κ1) is 82.8. The summed E-state index contributed by atoms with van der Waals surface area (Å²) in [4.78, 5) is 80.4. The van der Waals surface area contributed by atoms with Crippen LogP contribution >= 0.6 is 23.1 Å². The predicted octanol–water partition coefficient (Wildman–Crippen LogP) is 12.5. The van der Waals surface area contributed by atoms with E-state index in [1.807, 2.05) is 98.8 Å². The predicted molar refractivity (Wildman–Crippen MR) is 405 cm³/mol. The number of hydrogen-bond acceptors (Lipinski definition) is 17. The molecule has 20 nitrogen and oxygen atoms in total. The van der Waals surface area contributed by atoms with E-state index in [-0.39, 0.29) is 72.3 Å². The Kier molecular flexibility index (Phi) is 28.3. The van der Waals surface area contributed by atoms with Crippen LogP contribution in [0.25, 0.3) is 10.4 Å². The van der Waals surface area contributed by atoms with Crippen molar-refractivity contribution in [2.45, 2.75) is 189 Å². The molecule has 4 heterocycles. The second-order valence-electron chi connectivity index (χ2n) is 30.2. The van der Waals surface area contributed by atoms with E-state index in [2.05, 4.69) is 56.5 Å². The highest BCUT2D eigenvalue weighted by Gasteiger charge is 2.49. The third-order valence-electron chi connectivity index (χ3n) is 20.4. The molecule has 0 saturated carbocycles. The Balaban J connectivity index is 0.731. The van der Waals surface area contributed by atoms with E-state index in [4.69, 9.17) is 0 Å². The van der Waals surface area contributed by atoms with Crippen molar-refractivity contribution in [1.29, 1.82) is 0 Å². The summed E-state index contributed by atoms with van der Waals surface area (Å²) in [5.74, 6) is -2.55. The van der Waals surface area contributed by atoms with Gasteiger partial charge in [0.15, 0.2) is 0 Å². The molecule has 9 rings (SSSR count). The fourth-order valence-electron chi connectivity index (χ4n) is 14.1. The summed E-state index contributed by atoms with van der Waals surface area (Å²) >= 11 is 2.92. The molecule has 0 bridgehead atoms. The van der Waals surface area contributed by atoms with Gasteiger partial charge in [-0.1, -0.05) is 108 Å². The molecule has 578 valence electrons. The number of carbonyl (C=O) groups excluding carboxylic acids is 5. The van der Waals surface area contributed by atoms with E-state index in [1.54, 1.807) is 29.0 Å². The highest BCUT2D eigenvalue weighted by Crippen LogP contribution is 2.42. The summed E-state index contributed by atoms with van der Waals surface area (Å²) in [5.41, 5.74) is 0.756. The van der Waals surface area contributed by atoms with Gasteiger partial charge >= 0.3 is 5.51 Å². The van der Waals surface area contributed by atoms with Crippen LogP contribution in [0.1, 0.15) is 153 Å². The van der Waals surface area contributed by atoms with Crippen molar-refractivity contribution >= 4 is 83.9 Å². The molecule has 0 unspecified atom stereocenters. The molecule has 6 atom stereocenters. The average molecular weight is 1550 g/mol. The minimum Gasteiger partial charge on any atom is -0.391 e. The van der Waals surface area contributed by atoms with E-state index in [9.17, 15) is 67.9 Å². The molecule has 5 aromatic rings. The number of hydrogen-bond donors (Lipinski definition) is 6. The van der Waals surface area contributed by atoms with Gasteiger partial charge in [-0.25, -0.2) is 35.3 Å². The number of anilines is 2. The van der Waals surface area contributed by atoms with Gasteiger partial charge in [0.05, 0.1) is 44.7 Å². The number of allylic oxidation sites excluding steroid dienone is 2. The maximum Gasteiger partial charge on any atom is 0.501 e. The molecule has 4 aromatic carbocycles. The van der Waals surface area contributed by atoms with E-state index in [0.29, 0.717) is 96.9 Å². The number of benzene rings is 4. The van der Waals surface area contributed by atoms with Crippen molar-refractivity contribution in [2.75, 3.05) is 81.4 Å². The molecule has 3 saturated heterocycles. The van der Waals surface area contributed by atoms with E-state index >= 15 is 0 Å². The molecule has 5 amide bonds. The van der Waals surface area contributed by atoms with Crippen LogP contribution in [0.15, 0.2) is 141 Å². The van der Waals surface area contributed by atoms with Crippen LogP contribution in [0.2, 0.25) is 0 Å². The Labute approximate surface area is 628 Å². The highest BCUT2D eigenvalue weighted by molar-refractivity contribution is 7.99. The number of nitrogens with one attached hydrogen (secondary N) is 5. The standard InChI is InChI=1S/C77H101F5N10O10S4/c1-50(70(78)79)19-20-56-44-76(7,8)34-31-57(56)45-90-38-40-91(41-39-90)60-27-25-55(26-28-60)72(96)88-106(101,102)63-29-30-64(66(43-63)105(99,100)77(80,81)82)86-59(48-103-62-16-12-11-13-17-62)33-37-89-36-32-58(46-89)71(95)83-35-15-10-9-14-18-67(94)87-69(75(4,5)6)74(98)92-47-61(93)42-65(92)73(97)85-51(2)53-21-23-54(24-22-53)68-52(3)84-49-104-68/h11-13,16-17,21-30,43,49,51,58-59,61,65,69-70,86,93H,1,9-10,14-15,18-20,31-42,44-48H2,2-8H3,(H,83,95)(H,85,97)(H,87,94)(H,88,96)/t51-,58+,59+,61+,65-,69+/m0/s1. The molecule has 1 aliphatic carbocycles. The number of carbonyl (C=O) groups is 5. The molecule has 3 fully saturated rings. The van der Waals surface area contributed by atoms with Crippen LogP contribution in [0.5, 0.6) is 0 Å². The minimum atomic E-state index is -6.20. The van der Waals surface area contributed by atoms with Gasteiger partial charge < -0.3 is 41.1 Å². The van der Waals surface area contributed by atoms with Gasteiger partial charge in [-0.2, -0.15) is 13.2 Å². The zero-order chi connectivity index (χ0) is 76.9. The van der Waals surface area contributed by atoms with E-state index in [0.717, 1.165) is 70.2 Å². The largest absolute Gasteiger partial charge is 0.501 e. The quantitative estimate of drug-likeness (QED) is 0.00987. The Morgan fingerprint density at radius 3 is 2.18 bits per heavy atom. The number of halogens is 5. The number of thioether (sulfide) groups is 1. The van der Waals surface area contributed by atoms with E-state index in [1.165, 1.54) is 39.9 Å². The number of aryl methyl sites for hydroxylation is 1. The number of unbranched alkanes of at least 4 members (excludes halogenated alkanes) is 3. The molecule has 6 N–H and O–H groups in total. The first-order chi connectivity index (χ1) is 50.0. The lowest BCUT2D eigenvalue weighted by Crippen LogP contribution is -2.57. The number of piperazine rings is 1. The van der Waals surface area contributed by atoms with Gasteiger partial charge in [0.2, 0.25) is 23.6 Å². The van der Waals surface area contributed by atoms with Crippen LogP contribution in [0.3, 0.4) is 0 Å². The normalized spacial score (nSPS) is 19.2. The number of amides is 5. The molecule has 1 aromatic heterocycles. The number of aliphatic hydroxyl groups excluding tert-OH is 1. The number of β-amino-alcohol motifs (C(OH)–C–C–N with tert-alkyl or cyclic N) is 1. The second-order valence-corrected chi connectivity index (χ2v) is 35.8. The number of alkyl halides is 5. The number of rotatable bonds is 33. The van der Waals surface area contributed by atoms with Gasteiger partial charge in [-0.15, -0.1) is 23.1 Å². The summed E-state index contributed by atoms with van der Waals surface area (Å²) in [7, 11) is -11.2. The average Bonchev–Trinajstić information content (AvgIpc) is 1.57. The summed E-state index contributed by atoms with van der Waals surface area (Å²) < 4.78 is 127. The van der Waals surface area contributed by atoms with Crippen molar-refractivity contribution in [3.05, 3.63) is 143 Å². The number of aromatic nitrogens is 1. The summed E-state index contributed by atoms with van der Waals surface area (Å²) in [6.45, 7) is 22.3. The minimum absolute atomic E-state index is 0.0540. The Morgan fingerprint density at radius 1 is 0.821 bits per heavy atom. The third kappa shape index (κ3) is 22.4. The van der Waals surface area contributed by atoms with Crippen LogP contribution in [0.4, 0.5) is 33.3 Å². The first-order valence-corrected chi connectivity index (χ1v) is 41.2. The molecule has 4 aliphatic rings. The van der Waals surface area contributed by atoms with Crippen LogP contribution in [-0.4, -0.2) is 179 Å². The van der Waals surface area contributed by atoms with Crippen molar-refractivity contribution in [3.8, 4) is 10.4 Å². The van der Waals surface area contributed by atoms with Crippen molar-refractivity contribution in [3.63, 3.8) is 0 Å². The first-order valence-electron chi connectivity index (χ1n) is 36.3. The Hall–Kier alpha value is -7.28. The molecular formula is C77H101F5N10O10S4. The number of sulfone groups is 1. The lowest BCUT2D eigenvalue weighted by Gasteiger charge is -2.39. The summed E-state index contributed by atoms with van der Waals surface area (Å²) in [6, 6.07) is 22.4. The van der Waals surface area contributed by atoms with Gasteiger partial charge in [0, 0.05) is 99.7 Å². The van der Waals surface area contributed by atoms with Crippen LogP contribution < -0.4 is 30.9 Å². The topological polar surface area (TPSA) is 260 Å². The lowest BCUT2D eigenvalue weighted by atomic mass is 9.73. The van der Waals surface area contributed by atoms with Crippen LogP contribution in [-0.2, 0) is 39.0 Å². The Morgan fingerprint density at radius 2 is 1.52 bits per heavy atom. The lowest BCUT2D eigenvalue weighted by molar-refractivity contribution is -0.144. The smallest absolute Gasteiger partial charge is 0.391 e. The fraction of sp³-hybridized carbons (Fsp3) is 0.532. The Bertz CT molecular complexity index is 4150. The molecule has 0 radical (unpaired) electrons. The van der Waals surface area contributed by atoms with E-state index < -0.39 is 101 Å². The highest BCUT2D eigenvalue weighted by atomic mass is 32.2. The molecule has 29 heteroatoms. The molecular weight excluding hydrogens is 1450 g/mol. The molecule has 106 heavy (non-hydrogen) atoms.